The molecule has 0 bridgehead atoms. The van der Waals surface area contributed by atoms with E-state index in [-0.39, 0.29) is 23.3 Å². The number of hydrogen-bond donors (Lipinski definition) is 1. The molecule has 1 aliphatic heterocycles. The zero-order valence-electron chi connectivity index (χ0n) is 12.6. The van der Waals surface area contributed by atoms with Crippen molar-refractivity contribution in [1.29, 1.82) is 0 Å². The van der Waals surface area contributed by atoms with Gasteiger partial charge < -0.3 is 10.2 Å². The van der Waals surface area contributed by atoms with Gasteiger partial charge in [0.25, 0.3) is 0 Å². The van der Waals surface area contributed by atoms with Crippen LogP contribution in [0.25, 0.3) is 0 Å². The highest BCUT2D eigenvalue weighted by atomic mass is 16.2. The summed E-state index contributed by atoms with van der Waals surface area (Å²) in [6.45, 7) is 4.15. The van der Waals surface area contributed by atoms with Gasteiger partial charge in [-0.15, -0.1) is 0 Å². The molecular formula is C17H20N2O2. The predicted molar refractivity (Wildman–Crippen MR) is 80.5 cm³/mol. The average molecular weight is 284 g/mol. The molecule has 0 fully saturated rings. The second-order valence-electron chi connectivity index (χ2n) is 6.65. The van der Waals surface area contributed by atoms with Crippen molar-refractivity contribution < 1.29 is 9.59 Å². The van der Waals surface area contributed by atoms with Gasteiger partial charge in [0.15, 0.2) is 5.78 Å². The molecule has 0 saturated heterocycles. The van der Waals surface area contributed by atoms with Gasteiger partial charge in [-0.25, -0.2) is 4.79 Å². The molecule has 0 saturated carbocycles. The van der Waals surface area contributed by atoms with Crippen molar-refractivity contribution >= 4 is 11.8 Å². The molecule has 2 aliphatic rings. The zero-order chi connectivity index (χ0) is 15.2. The van der Waals surface area contributed by atoms with E-state index in [1.807, 2.05) is 30.3 Å². The van der Waals surface area contributed by atoms with Gasteiger partial charge in [0, 0.05) is 24.7 Å². The Morgan fingerprint density at radius 2 is 1.81 bits per heavy atom. The van der Waals surface area contributed by atoms with E-state index in [4.69, 9.17) is 0 Å². The zero-order valence-corrected chi connectivity index (χ0v) is 12.6. The highest BCUT2D eigenvalue weighted by Gasteiger charge is 2.42. The molecular weight excluding hydrogens is 264 g/mol. The molecule has 0 unspecified atom stereocenters. The summed E-state index contributed by atoms with van der Waals surface area (Å²) in [5.74, 6) is 0.141. The minimum atomic E-state index is -0.325. The van der Waals surface area contributed by atoms with Crippen LogP contribution in [0.5, 0.6) is 0 Å². The van der Waals surface area contributed by atoms with Gasteiger partial charge in [-0.2, -0.15) is 0 Å². The first-order valence-electron chi connectivity index (χ1n) is 7.24. The minimum absolute atomic E-state index is 0.0942. The average Bonchev–Trinajstić information content (AvgIpc) is 2.43. The summed E-state index contributed by atoms with van der Waals surface area (Å²) in [4.78, 5) is 26.5. The van der Waals surface area contributed by atoms with Gasteiger partial charge in [-0.1, -0.05) is 44.2 Å². The maximum atomic E-state index is 12.6. The van der Waals surface area contributed by atoms with E-state index in [2.05, 4.69) is 19.2 Å². The summed E-state index contributed by atoms with van der Waals surface area (Å²) < 4.78 is 0. The Bertz CT molecular complexity index is 631. The Morgan fingerprint density at radius 3 is 2.48 bits per heavy atom. The summed E-state index contributed by atoms with van der Waals surface area (Å²) in [6.07, 6.45) is 1.28. The number of carbonyl (C=O) groups excluding carboxylic acids is 2. The maximum absolute atomic E-state index is 12.6. The Hall–Kier alpha value is -2.10. The molecule has 2 amide bonds. The molecule has 0 spiro atoms. The molecule has 1 aliphatic carbocycles. The number of hydrogen-bond acceptors (Lipinski definition) is 2. The van der Waals surface area contributed by atoms with Crippen molar-refractivity contribution in [1.82, 2.24) is 10.2 Å². The summed E-state index contributed by atoms with van der Waals surface area (Å²) in [6, 6.07) is 9.22. The van der Waals surface area contributed by atoms with E-state index < -0.39 is 0 Å². The first kappa shape index (κ1) is 13.9. The van der Waals surface area contributed by atoms with E-state index >= 15 is 0 Å². The Kier molecular flexibility index (Phi) is 3.12. The summed E-state index contributed by atoms with van der Waals surface area (Å²) in [7, 11) is 1.74. The largest absolute Gasteiger partial charge is 0.327 e. The van der Waals surface area contributed by atoms with Crippen molar-refractivity contribution in [2.24, 2.45) is 5.41 Å². The first-order valence-corrected chi connectivity index (χ1v) is 7.24. The fraction of sp³-hybridized carbons (Fsp3) is 0.412. The number of urea groups is 1. The van der Waals surface area contributed by atoms with E-state index in [0.29, 0.717) is 6.42 Å². The normalized spacial score (nSPS) is 24.7. The van der Waals surface area contributed by atoms with Crippen molar-refractivity contribution in [3.63, 3.8) is 0 Å². The molecule has 4 heteroatoms. The summed E-state index contributed by atoms with van der Waals surface area (Å²) >= 11 is 0. The summed E-state index contributed by atoms with van der Waals surface area (Å²) in [5, 5.41) is 2.95. The van der Waals surface area contributed by atoms with E-state index in [1.165, 1.54) is 0 Å². The molecule has 1 heterocycles. The van der Waals surface area contributed by atoms with E-state index in [0.717, 1.165) is 23.3 Å². The topological polar surface area (TPSA) is 49.4 Å². The molecule has 1 atom stereocenters. The highest BCUT2D eigenvalue weighted by Crippen LogP contribution is 2.43. The number of nitrogens with one attached hydrogen (secondary N) is 1. The van der Waals surface area contributed by atoms with Crippen molar-refractivity contribution in [2.45, 2.75) is 32.7 Å². The van der Waals surface area contributed by atoms with Crippen LogP contribution in [-0.4, -0.2) is 23.8 Å². The van der Waals surface area contributed by atoms with E-state index in [1.54, 1.807) is 11.9 Å². The van der Waals surface area contributed by atoms with Gasteiger partial charge >= 0.3 is 6.03 Å². The number of benzene rings is 1. The van der Waals surface area contributed by atoms with Crippen molar-refractivity contribution in [2.75, 3.05) is 7.05 Å². The fourth-order valence-corrected chi connectivity index (χ4v) is 3.24. The van der Waals surface area contributed by atoms with Crippen LogP contribution in [0, 0.1) is 5.41 Å². The van der Waals surface area contributed by atoms with Crippen LogP contribution >= 0.6 is 0 Å². The number of nitrogens with zero attached hydrogens (tertiary/aromatic N) is 1. The predicted octanol–water partition coefficient (Wildman–Crippen LogP) is 3.03. The van der Waals surface area contributed by atoms with Gasteiger partial charge in [-0.05, 0) is 17.4 Å². The Morgan fingerprint density at radius 1 is 1.14 bits per heavy atom. The number of ketones is 1. The van der Waals surface area contributed by atoms with Crippen LogP contribution in [0.1, 0.15) is 38.3 Å². The molecule has 1 N–H and O–H groups in total. The number of amides is 2. The Balaban J connectivity index is 2.13. The molecule has 0 aromatic heterocycles. The monoisotopic (exact) mass is 284 g/mol. The molecule has 3 rings (SSSR count). The SMILES string of the molecule is CN1C(=O)N[C@@H](c2ccccc2)C2=C1CC(C)(C)CC2=O. The number of carbonyl (C=O) groups is 2. The van der Waals surface area contributed by atoms with Gasteiger partial charge in [-0.3, -0.25) is 4.79 Å². The van der Waals surface area contributed by atoms with E-state index in [9.17, 15) is 9.59 Å². The fourth-order valence-electron chi connectivity index (χ4n) is 3.24. The van der Waals surface area contributed by atoms with Crippen LogP contribution in [0.3, 0.4) is 0 Å². The number of allylic oxidation sites excluding steroid dienone is 1. The third-order valence-corrected chi connectivity index (χ3v) is 4.30. The molecule has 21 heavy (non-hydrogen) atoms. The van der Waals surface area contributed by atoms with Crippen LogP contribution in [-0.2, 0) is 4.79 Å². The minimum Gasteiger partial charge on any atom is -0.327 e. The van der Waals surface area contributed by atoms with Crippen molar-refractivity contribution in [3.8, 4) is 0 Å². The molecule has 4 nitrogen and oxygen atoms in total. The standard InChI is InChI=1S/C17H20N2O2/c1-17(2)9-12-14(13(20)10-17)15(18-16(21)19(12)3)11-7-5-4-6-8-11/h4-8,15H,9-10H2,1-3H3,(H,18,21)/t15-/m0/s1. The third-order valence-electron chi connectivity index (χ3n) is 4.30. The van der Waals surface area contributed by atoms with Crippen LogP contribution in [0.15, 0.2) is 41.6 Å². The highest BCUT2D eigenvalue weighted by molar-refractivity contribution is 6.01. The second-order valence-corrected chi connectivity index (χ2v) is 6.65. The third kappa shape index (κ3) is 2.35. The molecule has 1 aromatic carbocycles. The molecule has 1 aromatic rings. The van der Waals surface area contributed by atoms with Gasteiger partial charge in [0.05, 0.1) is 6.04 Å². The van der Waals surface area contributed by atoms with Gasteiger partial charge in [0.1, 0.15) is 0 Å². The molecule has 110 valence electrons. The lowest BCUT2D eigenvalue weighted by Crippen LogP contribution is -2.49. The summed E-state index contributed by atoms with van der Waals surface area (Å²) in [5.41, 5.74) is 2.49. The van der Waals surface area contributed by atoms with Crippen LogP contribution in [0.4, 0.5) is 4.79 Å². The number of Topliss-reactive ketones (excluding diaryl/α,β-unsaturated/α-hetero) is 1. The Labute approximate surface area is 124 Å². The van der Waals surface area contributed by atoms with Gasteiger partial charge in [0.2, 0.25) is 0 Å². The smallest absolute Gasteiger partial charge is 0.322 e. The van der Waals surface area contributed by atoms with Crippen molar-refractivity contribution in [3.05, 3.63) is 47.2 Å². The van der Waals surface area contributed by atoms with Crippen LogP contribution in [0.2, 0.25) is 0 Å². The lowest BCUT2D eigenvalue weighted by atomic mass is 9.72. The number of rotatable bonds is 1. The van der Waals surface area contributed by atoms with Crippen LogP contribution < -0.4 is 5.32 Å². The quantitative estimate of drug-likeness (QED) is 0.861. The first-order chi connectivity index (χ1) is 9.89. The molecule has 0 radical (unpaired) electrons. The lowest BCUT2D eigenvalue weighted by Gasteiger charge is -2.42. The second kappa shape index (κ2) is 4.72. The maximum Gasteiger partial charge on any atom is 0.322 e. The lowest BCUT2D eigenvalue weighted by molar-refractivity contribution is -0.118.